The largest absolute Gasteiger partial charge is 0.481 e. The van der Waals surface area contributed by atoms with Crippen molar-refractivity contribution in [3.8, 4) is 11.8 Å². The van der Waals surface area contributed by atoms with Crippen molar-refractivity contribution in [2.45, 2.75) is 6.92 Å². The van der Waals surface area contributed by atoms with E-state index in [1.165, 1.54) is 6.08 Å². The second-order valence-corrected chi connectivity index (χ2v) is 3.67. The summed E-state index contributed by atoms with van der Waals surface area (Å²) in [5.41, 5.74) is 0.633. The van der Waals surface area contributed by atoms with Crippen LogP contribution < -0.4 is 4.74 Å². The average Bonchev–Trinajstić information content (AvgIpc) is 2.35. The summed E-state index contributed by atoms with van der Waals surface area (Å²) in [4.78, 5) is 11.2. The van der Waals surface area contributed by atoms with Crippen molar-refractivity contribution in [2.75, 3.05) is 13.2 Å². The summed E-state index contributed by atoms with van der Waals surface area (Å²) < 4.78 is 10.1. The molecule has 0 saturated carbocycles. The van der Waals surface area contributed by atoms with Crippen molar-refractivity contribution < 1.29 is 14.3 Å². The molecule has 0 spiro atoms. The Balaban J connectivity index is 2.78. The van der Waals surface area contributed by atoms with E-state index >= 15 is 0 Å². The summed E-state index contributed by atoms with van der Waals surface area (Å²) in [5.74, 6) is 0.0293. The molecule has 5 heteroatoms. The molecule has 0 atom stereocenters. The molecule has 0 radical (unpaired) electrons. The maximum Gasteiger partial charge on any atom is 0.344 e. The molecule has 0 amide bonds. The topological polar surface area (TPSA) is 59.3 Å². The molecule has 1 aromatic rings. The third-order valence-electron chi connectivity index (χ3n) is 1.96. The van der Waals surface area contributed by atoms with Gasteiger partial charge in [-0.15, -0.1) is 0 Å². The summed E-state index contributed by atoms with van der Waals surface area (Å²) in [7, 11) is 0. The second kappa shape index (κ2) is 7.36. The van der Waals surface area contributed by atoms with Crippen LogP contribution in [-0.4, -0.2) is 19.2 Å². The zero-order valence-electron chi connectivity index (χ0n) is 9.85. The maximum atomic E-state index is 11.2. The van der Waals surface area contributed by atoms with E-state index in [0.29, 0.717) is 22.9 Å². The summed E-state index contributed by atoms with van der Waals surface area (Å²) in [6.45, 7) is 1.86. The first-order valence-corrected chi connectivity index (χ1v) is 5.69. The minimum atomic E-state index is -0.442. The summed E-state index contributed by atoms with van der Waals surface area (Å²) in [6, 6.07) is 6.81. The Labute approximate surface area is 110 Å². The number of hydrogen-bond acceptors (Lipinski definition) is 4. The number of allylic oxidation sites excluding steroid dienone is 1. The van der Waals surface area contributed by atoms with Crippen LogP contribution in [0.25, 0.3) is 6.08 Å². The molecule has 0 unspecified atom stereocenters. The lowest BCUT2D eigenvalue weighted by molar-refractivity contribution is -0.145. The van der Waals surface area contributed by atoms with Crippen molar-refractivity contribution in [1.29, 1.82) is 5.26 Å². The van der Waals surface area contributed by atoms with Gasteiger partial charge in [0.2, 0.25) is 0 Å². The number of carbonyl (C=O) groups excluding carboxylic acids is 1. The number of hydrogen-bond donors (Lipinski definition) is 0. The van der Waals surface area contributed by atoms with E-state index in [2.05, 4.69) is 0 Å². The van der Waals surface area contributed by atoms with Crippen LogP contribution >= 0.6 is 11.6 Å². The van der Waals surface area contributed by atoms with Crippen molar-refractivity contribution in [3.05, 3.63) is 34.9 Å². The van der Waals surface area contributed by atoms with Crippen molar-refractivity contribution in [1.82, 2.24) is 0 Å². The zero-order chi connectivity index (χ0) is 13.4. The lowest BCUT2D eigenvalue weighted by Crippen LogP contribution is -2.14. The van der Waals surface area contributed by atoms with Gasteiger partial charge in [0, 0.05) is 16.7 Å². The van der Waals surface area contributed by atoms with Crippen LogP contribution in [0.3, 0.4) is 0 Å². The Bertz CT molecular complexity index is 491. The predicted molar refractivity (Wildman–Crippen MR) is 68.2 cm³/mol. The molecule has 94 valence electrons. The van der Waals surface area contributed by atoms with Gasteiger partial charge in [-0.05, 0) is 31.2 Å². The third-order valence-corrected chi connectivity index (χ3v) is 2.20. The van der Waals surface area contributed by atoms with Crippen LogP contribution in [0.4, 0.5) is 0 Å². The Kier molecular flexibility index (Phi) is 5.75. The predicted octanol–water partition coefficient (Wildman–Crippen LogP) is 2.82. The third kappa shape index (κ3) is 4.48. The van der Waals surface area contributed by atoms with Gasteiger partial charge in [-0.1, -0.05) is 11.6 Å². The number of carbonyl (C=O) groups is 1. The number of rotatable bonds is 5. The van der Waals surface area contributed by atoms with Crippen LogP contribution in [-0.2, 0) is 9.53 Å². The minimum absolute atomic E-state index is 0.178. The van der Waals surface area contributed by atoms with E-state index in [0.717, 1.165) is 0 Å². The first-order valence-electron chi connectivity index (χ1n) is 5.31. The smallest absolute Gasteiger partial charge is 0.344 e. The Morgan fingerprint density at radius 3 is 3.00 bits per heavy atom. The molecule has 0 aliphatic heterocycles. The molecule has 0 aliphatic carbocycles. The van der Waals surface area contributed by atoms with Gasteiger partial charge >= 0.3 is 5.97 Å². The summed E-state index contributed by atoms with van der Waals surface area (Å²) in [6.07, 6.45) is 2.87. The van der Waals surface area contributed by atoms with Gasteiger partial charge in [-0.3, -0.25) is 0 Å². The molecular formula is C13H12ClNO3. The highest BCUT2D eigenvalue weighted by Gasteiger charge is 2.06. The van der Waals surface area contributed by atoms with E-state index in [1.807, 2.05) is 6.07 Å². The number of esters is 1. The van der Waals surface area contributed by atoms with Crippen molar-refractivity contribution in [2.24, 2.45) is 0 Å². The second-order valence-electron chi connectivity index (χ2n) is 3.24. The lowest BCUT2D eigenvalue weighted by Gasteiger charge is -2.08. The van der Waals surface area contributed by atoms with Gasteiger partial charge in [-0.2, -0.15) is 5.26 Å². The zero-order valence-corrected chi connectivity index (χ0v) is 10.6. The highest BCUT2D eigenvalue weighted by molar-refractivity contribution is 6.30. The van der Waals surface area contributed by atoms with Crippen LogP contribution in [0.2, 0.25) is 5.02 Å². The Hall–Kier alpha value is -1.99. The SMILES string of the molecule is CCOC(=O)COc1ccc(Cl)cc1/C=C/C#N. The molecule has 0 saturated heterocycles. The van der Waals surface area contributed by atoms with Crippen molar-refractivity contribution in [3.63, 3.8) is 0 Å². The van der Waals surface area contributed by atoms with Gasteiger partial charge in [-0.25, -0.2) is 4.79 Å². The molecule has 0 N–H and O–H groups in total. The molecule has 0 fully saturated rings. The van der Waals surface area contributed by atoms with Crippen molar-refractivity contribution >= 4 is 23.6 Å². The van der Waals surface area contributed by atoms with Crippen LogP contribution in [0.5, 0.6) is 5.75 Å². The fraction of sp³-hybridized carbons (Fsp3) is 0.231. The maximum absolute atomic E-state index is 11.2. The highest BCUT2D eigenvalue weighted by atomic mass is 35.5. The van der Waals surface area contributed by atoms with E-state index in [4.69, 9.17) is 26.3 Å². The number of benzene rings is 1. The summed E-state index contributed by atoms with van der Waals surface area (Å²) in [5, 5.41) is 9.02. The monoisotopic (exact) mass is 265 g/mol. The number of ether oxygens (including phenoxy) is 2. The molecular weight excluding hydrogens is 254 g/mol. The minimum Gasteiger partial charge on any atom is -0.481 e. The fourth-order valence-electron chi connectivity index (χ4n) is 1.25. The highest BCUT2D eigenvalue weighted by Crippen LogP contribution is 2.24. The van der Waals surface area contributed by atoms with Gasteiger partial charge < -0.3 is 9.47 Å². The number of nitrogens with zero attached hydrogens (tertiary/aromatic N) is 1. The first-order chi connectivity index (χ1) is 8.67. The Morgan fingerprint density at radius 2 is 2.33 bits per heavy atom. The molecule has 0 heterocycles. The molecule has 1 aromatic carbocycles. The van der Waals surface area contributed by atoms with Gasteiger partial charge in [0.1, 0.15) is 5.75 Å². The standard InChI is InChI=1S/C13H12ClNO3/c1-2-17-13(16)9-18-12-6-5-11(14)8-10(12)4-3-7-15/h3-6,8H,2,9H2,1H3/b4-3+. The quantitative estimate of drug-likeness (QED) is 0.607. The number of halogens is 1. The van der Waals surface area contributed by atoms with E-state index in [1.54, 1.807) is 31.2 Å². The van der Waals surface area contributed by atoms with E-state index in [9.17, 15) is 4.79 Å². The van der Waals surface area contributed by atoms with Crippen LogP contribution in [0.1, 0.15) is 12.5 Å². The molecule has 18 heavy (non-hydrogen) atoms. The van der Waals surface area contributed by atoms with E-state index in [-0.39, 0.29) is 6.61 Å². The van der Waals surface area contributed by atoms with Gasteiger partial charge in [0.25, 0.3) is 0 Å². The first kappa shape index (κ1) is 14.1. The summed E-state index contributed by atoms with van der Waals surface area (Å²) >= 11 is 5.84. The average molecular weight is 266 g/mol. The normalized spacial score (nSPS) is 10.1. The molecule has 0 aromatic heterocycles. The van der Waals surface area contributed by atoms with Gasteiger partial charge in [0.05, 0.1) is 12.7 Å². The van der Waals surface area contributed by atoms with Crippen LogP contribution in [0.15, 0.2) is 24.3 Å². The van der Waals surface area contributed by atoms with Gasteiger partial charge in [0.15, 0.2) is 6.61 Å². The fourth-order valence-corrected chi connectivity index (χ4v) is 1.43. The molecule has 0 aliphatic rings. The lowest BCUT2D eigenvalue weighted by atomic mass is 10.2. The molecule has 4 nitrogen and oxygen atoms in total. The Morgan fingerprint density at radius 1 is 1.56 bits per heavy atom. The molecule has 0 bridgehead atoms. The number of nitriles is 1. The van der Waals surface area contributed by atoms with E-state index < -0.39 is 5.97 Å². The molecule has 1 rings (SSSR count). The van der Waals surface area contributed by atoms with Crippen LogP contribution in [0, 0.1) is 11.3 Å².